The van der Waals surface area contributed by atoms with Gasteiger partial charge in [0.05, 0.1) is 25.6 Å². The predicted molar refractivity (Wildman–Crippen MR) is 124 cm³/mol. The smallest absolute Gasteiger partial charge is 0.256 e. The van der Waals surface area contributed by atoms with E-state index in [0.717, 1.165) is 18.7 Å². The summed E-state index contributed by atoms with van der Waals surface area (Å²) in [6.45, 7) is 6.37. The number of aryl methyl sites for hydroxylation is 1. The van der Waals surface area contributed by atoms with Crippen molar-refractivity contribution in [1.82, 2.24) is 25.2 Å². The lowest BCUT2D eigenvalue weighted by molar-refractivity contribution is -0.120. The number of anilines is 3. The van der Waals surface area contributed by atoms with Gasteiger partial charge in [-0.15, -0.1) is 0 Å². The van der Waals surface area contributed by atoms with E-state index in [9.17, 15) is 4.79 Å². The zero-order valence-electron chi connectivity index (χ0n) is 19.1. The normalized spacial score (nSPS) is 13.6. The number of carbonyl (C=O) groups is 1. The van der Waals surface area contributed by atoms with Gasteiger partial charge in [0.25, 0.3) is 5.88 Å². The van der Waals surface area contributed by atoms with Crippen LogP contribution in [0, 0.1) is 6.92 Å². The average Bonchev–Trinajstić information content (AvgIpc) is 3.30. The van der Waals surface area contributed by atoms with E-state index in [1.807, 2.05) is 19.1 Å². The molecule has 1 aliphatic heterocycles. The minimum atomic E-state index is -0.0288. The van der Waals surface area contributed by atoms with E-state index < -0.39 is 0 Å². The van der Waals surface area contributed by atoms with Crippen molar-refractivity contribution in [3.8, 4) is 11.6 Å². The highest BCUT2D eigenvalue weighted by Gasteiger charge is 2.12. The van der Waals surface area contributed by atoms with Crippen LogP contribution in [0.3, 0.4) is 0 Å². The second kappa shape index (κ2) is 12.0. The van der Waals surface area contributed by atoms with Crippen molar-refractivity contribution in [1.29, 1.82) is 0 Å². The lowest BCUT2D eigenvalue weighted by atomic mass is 10.3. The number of nitrogens with zero attached hydrogens (tertiary/aromatic N) is 4. The van der Waals surface area contributed by atoms with Crippen molar-refractivity contribution in [3.05, 3.63) is 24.0 Å². The Balaban J connectivity index is 1.59. The number of hydrogen-bond donors (Lipinski definition) is 3. The molecule has 3 heterocycles. The molecule has 0 unspecified atom stereocenters. The lowest BCUT2D eigenvalue weighted by Crippen LogP contribution is -2.22. The van der Waals surface area contributed by atoms with Crippen LogP contribution in [0.2, 0.25) is 0 Å². The van der Waals surface area contributed by atoms with Crippen molar-refractivity contribution in [2.45, 2.75) is 32.6 Å². The van der Waals surface area contributed by atoms with Gasteiger partial charge in [-0.3, -0.25) is 4.79 Å². The Labute approximate surface area is 189 Å². The van der Waals surface area contributed by atoms with Gasteiger partial charge in [-0.25, -0.2) is 9.97 Å². The van der Waals surface area contributed by atoms with Crippen LogP contribution in [-0.4, -0.2) is 72.7 Å². The molecule has 0 saturated carbocycles. The van der Waals surface area contributed by atoms with Gasteiger partial charge in [0.1, 0.15) is 5.82 Å². The molecule has 3 N–H and O–H groups in total. The van der Waals surface area contributed by atoms with E-state index in [4.69, 9.17) is 9.47 Å². The Morgan fingerprint density at radius 2 is 2.03 bits per heavy atom. The maximum Gasteiger partial charge on any atom is 0.256 e. The van der Waals surface area contributed by atoms with Crippen molar-refractivity contribution >= 4 is 23.4 Å². The van der Waals surface area contributed by atoms with Crippen LogP contribution < -0.4 is 25.4 Å². The van der Waals surface area contributed by atoms with Gasteiger partial charge < -0.3 is 30.3 Å². The predicted octanol–water partition coefficient (Wildman–Crippen LogP) is 2.34. The lowest BCUT2D eigenvalue weighted by Gasteiger charge is -2.15. The molecule has 0 aliphatic carbocycles. The molecular formula is C22H33N7O3. The quantitative estimate of drug-likeness (QED) is 0.425. The van der Waals surface area contributed by atoms with Crippen LogP contribution >= 0.6 is 0 Å². The van der Waals surface area contributed by atoms with Gasteiger partial charge in [0.15, 0.2) is 5.75 Å². The molecule has 3 rings (SSSR count). The summed E-state index contributed by atoms with van der Waals surface area (Å²) >= 11 is 0. The van der Waals surface area contributed by atoms with Crippen molar-refractivity contribution in [3.63, 3.8) is 0 Å². The van der Waals surface area contributed by atoms with E-state index in [-0.39, 0.29) is 5.91 Å². The third kappa shape index (κ3) is 7.23. The highest BCUT2D eigenvalue weighted by atomic mass is 16.5. The Kier molecular flexibility index (Phi) is 8.85. The number of carbonyl (C=O) groups excluding carboxylic acids is 1. The zero-order chi connectivity index (χ0) is 22.8. The molecule has 10 nitrogen and oxygen atoms in total. The fraction of sp³-hybridized carbons (Fsp3) is 0.545. The Morgan fingerprint density at radius 3 is 2.78 bits per heavy atom. The van der Waals surface area contributed by atoms with E-state index in [2.05, 4.69) is 35.8 Å². The molecule has 2 aromatic rings. The molecule has 32 heavy (non-hydrogen) atoms. The topological polar surface area (TPSA) is 114 Å². The highest BCUT2D eigenvalue weighted by molar-refractivity contribution is 5.76. The fourth-order valence-electron chi connectivity index (χ4n) is 3.51. The van der Waals surface area contributed by atoms with E-state index in [1.54, 1.807) is 20.4 Å². The number of methoxy groups -OCH3 is 1. The van der Waals surface area contributed by atoms with Crippen LogP contribution in [0.15, 0.2) is 18.3 Å². The average molecular weight is 444 g/mol. The number of nitrogens with one attached hydrogen (secondary N) is 3. The minimum absolute atomic E-state index is 0.0288. The van der Waals surface area contributed by atoms with E-state index >= 15 is 0 Å². The summed E-state index contributed by atoms with van der Waals surface area (Å²) in [6, 6.07) is 3.67. The van der Waals surface area contributed by atoms with Crippen LogP contribution in [0.25, 0.3) is 0 Å². The number of ether oxygens (including phenoxy) is 2. The highest BCUT2D eigenvalue weighted by Crippen LogP contribution is 2.28. The molecule has 0 atom stereocenters. The van der Waals surface area contributed by atoms with E-state index in [1.165, 1.54) is 25.9 Å². The van der Waals surface area contributed by atoms with Crippen molar-refractivity contribution < 1.29 is 14.3 Å². The maximum atomic E-state index is 11.4. The van der Waals surface area contributed by atoms with Crippen molar-refractivity contribution in [2.75, 3.05) is 57.6 Å². The van der Waals surface area contributed by atoms with Gasteiger partial charge >= 0.3 is 0 Å². The molecule has 0 aromatic carbocycles. The summed E-state index contributed by atoms with van der Waals surface area (Å²) in [5.74, 6) is 2.07. The molecule has 2 aromatic heterocycles. The van der Waals surface area contributed by atoms with Gasteiger partial charge in [0.2, 0.25) is 11.9 Å². The number of hydrogen-bond acceptors (Lipinski definition) is 9. The van der Waals surface area contributed by atoms with Gasteiger partial charge in [-0.1, -0.05) is 0 Å². The van der Waals surface area contributed by atoms with E-state index in [0.29, 0.717) is 48.7 Å². The molecule has 10 heteroatoms. The molecule has 0 radical (unpaired) electrons. The summed E-state index contributed by atoms with van der Waals surface area (Å²) in [4.78, 5) is 27.1. The molecule has 1 aliphatic rings. The number of aromatic nitrogens is 3. The number of pyridine rings is 1. The maximum absolute atomic E-state index is 11.4. The third-order valence-corrected chi connectivity index (χ3v) is 5.13. The third-order valence-electron chi connectivity index (χ3n) is 5.13. The Bertz CT molecular complexity index is 888. The first-order chi connectivity index (χ1) is 15.6. The summed E-state index contributed by atoms with van der Waals surface area (Å²) in [5, 5.41) is 8.92. The molecule has 1 saturated heterocycles. The van der Waals surface area contributed by atoms with Crippen LogP contribution in [-0.2, 0) is 4.79 Å². The van der Waals surface area contributed by atoms with Crippen molar-refractivity contribution in [2.24, 2.45) is 0 Å². The standard InChI is InChI=1S/C22H33N7O3/c1-16-13-19(24-8-7-20(30)23-2)28-22(26-16)27-17-14-18(21(31-3)25-15-17)32-12-6-11-29-9-4-5-10-29/h13-15H,4-12H2,1-3H3,(H,23,30)(H2,24,26,27,28). The molecule has 1 fully saturated rings. The minimum Gasteiger partial charge on any atom is -0.488 e. The fourth-order valence-corrected chi connectivity index (χ4v) is 3.51. The summed E-state index contributed by atoms with van der Waals surface area (Å²) in [7, 11) is 3.20. The van der Waals surface area contributed by atoms with Crippen LogP contribution in [0.4, 0.5) is 17.5 Å². The van der Waals surface area contributed by atoms with Gasteiger partial charge in [-0.2, -0.15) is 4.98 Å². The molecule has 1 amide bonds. The second-order valence-corrected chi connectivity index (χ2v) is 7.68. The largest absolute Gasteiger partial charge is 0.488 e. The molecular weight excluding hydrogens is 410 g/mol. The monoisotopic (exact) mass is 443 g/mol. The summed E-state index contributed by atoms with van der Waals surface area (Å²) in [6.07, 6.45) is 5.55. The van der Waals surface area contributed by atoms with Crippen LogP contribution in [0.1, 0.15) is 31.4 Å². The number of amides is 1. The van der Waals surface area contributed by atoms with Gasteiger partial charge in [-0.05, 0) is 39.3 Å². The Hall–Kier alpha value is -3.14. The second-order valence-electron chi connectivity index (χ2n) is 7.68. The number of rotatable bonds is 12. The first-order valence-electron chi connectivity index (χ1n) is 11.0. The summed E-state index contributed by atoms with van der Waals surface area (Å²) < 4.78 is 11.3. The molecule has 0 spiro atoms. The summed E-state index contributed by atoms with van der Waals surface area (Å²) in [5.41, 5.74) is 1.49. The Morgan fingerprint density at radius 1 is 1.22 bits per heavy atom. The number of likely N-dealkylation sites (tertiary alicyclic amines) is 1. The SMILES string of the molecule is CNC(=O)CCNc1cc(C)nc(Nc2cnc(OC)c(OCCCN3CCCC3)c2)n1. The zero-order valence-corrected chi connectivity index (χ0v) is 19.1. The molecule has 0 bridgehead atoms. The first-order valence-corrected chi connectivity index (χ1v) is 11.0. The molecule has 174 valence electrons. The first kappa shape index (κ1) is 23.5. The van der Waals surface area contributed by atoms with Crippen LogP contribution in [0.5, 0.6) is 11.6 Å². The van der Waals surface area contributed by atoms with Gasteiger partial charge in [0, 0.05) is 44.4 Å².